The van der Waals surface area contributed by atoms with Crippen molar-refractivity contribution in [2.45, 2.75) is 6.92 Å². The molecule has 0 aliphatic heterocycles. The Kier molecular flexibility index (Phi) is 3.96. The lowest BCUT2D eigenvalue weighted by Crippen LogP contribution is -1.82. The van der Waals surface area contributed by atoms with Gasteiger partial charge in [-0.1, -0.05) is 60.1 Å². The van der Waals surface area contributed by atoms with E-state index >= 15 is 0 Å². The molecule has 2 heteroatoms. The van der Waals surface area contributed by atoms with Crippen LogP contribution in [0.5, 0.6) is 0 Å². The van der Waals surface area contributed by atoms with Crippen molar-refractivity contribution in [2.24, 2.45) is 0 Å². The molecule has 18 heavy (non-hydrogen) atoms. The number of carbonyl (C=O) groups is 1. The van der Waals surface area contributed by atoms with Crippen molar-refractivity contribution in [2.75, 3.05) is 0 Å². The number of hydrogen-bond acceptors (Lipinski definition) is 1. The number of halogens is 1. The summed E-state index contributed by atoms with van der Waals surface area (Å²) < 4.78 is 0. The van der Waals surface area contributed by atoms with Crippen molar-refractivity contribution in [3.05, 3.63) is 65.2 Å². The molecule has 0 amide bonds. The Morgan fingerprint density at radius 1 is 1.06 bits per heavy atom. The number of rotatable bonds is 3. The van der Waals surface area contributed by atoms with Gasteiger partial charge in [-0.05, 0) is 30.2 Å². The van der Waals surface area contributed by atoms with Crippen LogP contribution in [-0.2, 0) is 4.79 Å². The minimum Gasteiger partial charge on any atom is -0.295 e. The van der Waals surface area contributed by atoms with E-state index in [1.165, 1.54) is 6.92 Å². The summed E-state index contributed by atoms with van der Waals surface area (Å²) in [7, 11) is 0. The topological polar surface area (TPSA) is 17.1 Å². The van der Waals surface area contributed by atoms with Gasteiger partial charge in [-0.25, -0.2) is 0 Å². The number of ketones is 1. The van der Waals surface area contributed by atoms with Gasteiger partial charge in [0.25, 0.3) is 0 Å². The fraction of sp³-hybridized carbons (Fsp3) is 0.0625. The first-order chi connectivity index (χ1) is 8.66. The summed E-state index contributed by atoms with van der Waals surface area (Å²) in [5, 5.41) is 0.740. The van der Waals surface area contributed by atoms with Gasteiger partial charge in [0.05, 0.1) is 0 Å². The van der Waals surface area contributed by atoms with Crippen LogP contribution < -0.4 is 0 Å². The summed E-state index contributed by atoms with van der Waals surface area (Å²) in [6.45, 7) is 1.54. The predicted octanol–water partition coefficient (Wildman–Crippen LogP) is 4.61. The molecule has 0 fully saturated rings. The van der Waals surface area contributed by atoms with Crippen molar-refractivity contribution < 1.29 is 4.79 Å². The first-order valence-corrected chi connectivity index (χ1v) is 6.08. The maximum absolute atomic E-state index is 10.8. The summed E-state index contributed by atoms with van der Waals surface area (Å²) in [5.74, 6) is 0.0465. The molecular weight excluding hydrogens is 244 g/mol. The van der Waals surface area contributed by atoms with Gasteiger partial charge in [0.1, 0.15) is 0 Å². The van der Waals surface area contributed by atoms with Crippen LogP contribution in [0.15, 0.2) is 54.6 Å². The molecule has 0 aliphatic carbocycles. The smallest absolute Gasteiger partial charge is 0.152 e. The molecule has 2 aromatic rings. The van der Waals surface area contributed by atoms with Crippen LogP contribution in [0.4, 0.5) is 0 Å². The average molecular weight is 257 g/mol. The van der Waals surface area contributed by atoms with Gasteiger partial charge < -0.3 is 0 Å². The first-order valence-electron chi connectivity index (χ1n) is 5.70. The highest BCUT2D eigenvalue weighted by Gasteiger charge is 2.01. The molecule has 2 rings (SSSR count). The second-order valence-corrected chi connectivity index (χ2v) is 4.45. The van der Waals surface area contributed by atoms with E-state index in [9.17, 15) is 4.79 Å². The summed E-state index contributed by atoms with van der Waals surface area (Å²) >= 11 is 6.14. The van der Waals surface area contributed by atoms with E-state index in [0.29, 0.717) is 0 Å². The zero-order chi connectivity index (χ0) is 13.0. The van der Waals surface area contributed by atoms with E-state index in [2.05, 4.69) is 0 Å². The maximum atomic E-state index is 10.8. The molecule has 0 heterocycles. The quantitative estimate of drug-likeness (QED) is 0.733. The van der Waals surface area contributed by atoms with Crippen LogP contribution in [0.2, 0.25) is 5.02 Å². The lowest BCUT2D eigenvalue weighted by atomic mass is 10.0. The van der Waals surface area contributed by atoms with Gasteiger partial charge in [0.15, 0.2) is 5.78 Å². The summed E-state index contributed by atoms with van der Waals surface area (Å²) in [5.41, 5.74) is 3.09. The molecular formula is C16H13ClO. The number of benzene rings is 2. The molecule has 0 saturated heterocycles. The lowest BCUT2D eigenvalue weighted by molar-refractivity contribution is -0.112. The highest BCUT2D eigenvalue weighted by molar-refractivity contribution is 6.33. The molecule has 0 atom stereocenters. The van der Waals surface area contributed by atoms with Crippen molar-refractivity contribution in [3.8, 4) is 11.1 Å². The number of hydrogen-bond donors (Lipinski definition) is 0. The van der Waals surface area contributed by atoms with E-state index in [-0.39, 0.29) is 5.78 Å². The molecule has 0 aliphatic rings. The molecule has 0 saturated carbocycles. The summed E-state index contributed by atoms with van der Waals surface area (Å²) in [6, 6.07) is 15.7. The molecule has 0 unspecified atom stereocenters. The zero-order valence-electron chi connectivity index (χ0n) is 10.1. The van der Waals surface area contributed by atoms with Crippen LogP contribution in [-0.4, -0.2) is 5.78 Å². The van der Waals surface area contributed by atoms with Gasteiger partial charge >= 0.3 is 0 Å². The number of allylic oxidation sites excluding steroid dienone is 1. The molecule has 90 valence electrons. The Hall–Kier alpha value is -1.86. The van der Waals surface area contributed by atoms with Crippen molar-refractivity contribution in [3.63, 3.8) is 0 Å². The van der Waals surface area contributed by atoms with Gasteiger partial charge in [-0.2, -0.15) is 0 Å². The van der Waals surface area contributed by atoms with Crippen LogP contribution in [0.1, 0.15) is 12.5 Å². The van der Waals surface area contributed by atoms with Gasteiger partial charge in [0, 0.05) is 10.6 Å². The largest absolute Gasteiger partial charge is 0.295 e. The third kappa shape index (κ3) is 3.08. The van der Waals surface area contributed by atoms with Gasteiger partial charge in [0.2, 0.25) is 0 Å². The zero-order valence-corrected chi connectivity index (χ0v) is 10.8. The van der Waals surface area contributed by atoms with E-state index in [1.54, 1.807) is 12.2 Å². The standard InChI is InChI=1S/C16H13ClO/c1-12(18)6-7-13-8-10-14(11-9-13)15-4-2-3-5-16(15)17/h2-11H,1H3/b7-6+. The minimum absolute atomic E-state index is 0.0465. The Labute approximate surface area is 112 Å². The van der Waals surface area contributed by atoms with Crippen LogP contribution in [0, 0.1) is 0 Å². The molecule has 1 nitrogen and oxygen atoms in total. The van der Waals surface area contributed by atoms with Crippen molar-refractivity contribution in [1.29, 1.82) is 0 Å². The SMILES string of the molecule is CC(=O)/C=C/c1ccc(-c2ccccc2Cl)cc1. The minimum atomic E-state index is 0.0465. The average Bonchev–Trinajstić information content (AvgIpc) is 2.38. The maximum Gasteiger partial charge on any atom is 0.152 e. The second-order valence-electron chi connectivity index (χ2n) is 4.05. The fourth-order valence-electron chi connectivity index (χ4n) is 1.68. The normalized spacial score (nSPS) is 10.8. The molecule has 0 bridgehead atoms. The Morgan fingerprint density at radius 3 is 2.33 bits per heavy atom. The lowest BCUT2D eigenvalue weighted by Gasteiger charge is -2.04. The van der Waals surface area contributed by atoms with Gasteiger partial charge in [-0.3, -0.25) is 4.79 Å². The molecule has 0 N–H and O–H groups in total. The first kappa shape index (κ1) is 12.6. The van der Waals surface area contributed by atoms with Crippen molar-refractivity contribution in [1.82, 2.24) is 0 Å². The summed E-state index contributed by atoms with van der Waals surface area (Å²) in [4.78, 5) is 10.8. The fourth-order valence-corrected chi connectivity index (χ4v) is 1.93. The molecule has 0 radical (unpaired) electrons. The second kappa shape index (κ2) is 5.65. The predicted molar refractivity (Wildman–Crippen MR) is 76.6 cm³/mol. The van der Waals surface area contributed by atoms with Crippen molar-refractivity contribution >= 4 is 23.5 Å². The summed E-state index contributed by atoms with van der Waals surface area (Å²) in [6.07, 6.45) is 3.36. The third-order valence-corrected chi connectivity index (χ3v) is 2.94. The van der Waals surface area contributed by atoms with Crippen LogP contribution in [0.3, 0.4) is 0 Å². The van der Waals surface area contributed by atoms with E-state index in [4.69, 9.17) is 11.6 Å². The Morgan fingerprint density at radius 2 is 1.72 bits per heavy atom. The Bertz CT molecular complexity index is 582. The Balaban J connectivity index is 2.28. The van der Waals surface area contributed by atoms with Gasteiger partial charge in [-0.15, -0.1) is 0 Å². The molecule has 0 spiro atoms. The van der Waals surface area contributed by atoms with E-state index in [0.717, 1.165) is 21.7 Å². The highest BCUT2D eigenvalue weighted by atomic mass is 35.5. The monoisotopic (exact) mass is 256 g/mol. The van der Waals surface area contributed by atoms with Crippen LogP contribution in [0.25, 0.3) is 17.2 Å². The third-order valence-electron chi connectivity index (χ3n) is 2.61. The van der Waals surface area contributed by atoms with E-state index < -0.39 is 0 Å². The molecule has 2 aromatic carbocycles. The number of carbonyl (C=O) groups excluding carboxylic acids is 1. The van der Waals surface area contributed by atoms with E-state index in [1.807, 2.05) is 48.5 Å². The molecule has 0 aromatic heterocycles. The van der Waals surface area contributed by atoms with Crippen LogP contribution >= 0.6 is 11.6 Å². The highest BCUT2D eigenvalue weighted by Crippen LogP contribution is 2.27.